The smallest absolute Gasteiger partial charge is 0.0431 e. The van der Waals surface area contributed by atoms with Gasteiger partial charge in [-0.1, -0.05) is 64.7 Å². The summed E-state index contributed by atoms with van der Waals surface area (Å²) in [6, 6.07) is 0. The highest BCUT2D eigenvalue weighted by atomic mass is 16.2. The highest BCUT2D eigenvalue weighted by Gasteiger charge is 1.91. The summed E-state index contributed by atoms with van der Waals surface area (Å²) in [7, 11) is 0. The summed E-state index contributed by atoms with van der Waals surface area (Å²) >= 11 is 0. The molecular weight excluding hydrogens is 232 g/mol. The molecule has 0 aromatic rings. The second kappa shape index (κ2) is 17.5. The Morgan fingerprint density at radius 1 is 0.579 bits per heavy atom. The van der Waals surface area contributed by atoms with Gasteiger partial charge >= 0.3 is 0 Å². The molecule has 0 aliphatic heterocycles. The molecule has 0 amide bonds. The molecule has 1 nitrogen and oxygen atoms in total. The van der Waals surface area contributed by atoms with Gasteiger partial charge in [0, 0.05) is 19.4 Å². The molecule has 0 fully saturated rings. The molecule has 112 valence electrons. The lowest BCUT2D eigenvalue weighted by atomic mass is 10.1. The molecule has 0 aliphatic carbocycles. The molecule has 0 radical (unpaired) electrons. The van der Waals surface area contributed by atoms with Gasteiger partial charge in [-0.2, -0.15) is 0 Å². The number of hydrogen-bond donors (Lipinski definition) is 1. The van der Waals surface area contributed by atoms with Gasteiger partial charge in [0.15, 0.2) is 0 Å². The first-order chi connectivity index (χ1) is 9.41. The Bertz CT molecular complexity index is 211. The summed E-state index contributed by atoms with van der Waals surface area (Å²) in [6.45, 7) is 2.58. The van der Waals surface area contributed by atoms with E-state index in [1.165, 1.54) is 64.2 Å². The first-order valence-corrected chi connectivity index (χ1v) is 8.48. The molecule has 0 aromatic carbocycles. The normalized spacial score (nSPS) is 10.2. The van der Waals surface area contributed by atoms with Crippen molar-refractivity contribution in [2.75, 3.05) is 6.61 Å². The largest absolute Gasteiger partial charge is 0.396 e. The van der Waals surface area contributed by atoms with Gasteiger partial charge in [0.1, 0.15) is 0 Å². The van der Waals surface area contributed by atoms with Crippen molar-refractivity contribution in [3.8, 4) is 11.8 Å². The molecule has 0 heterocycles. The minimum Gasteiger partial charge on any atom is -0.396 e. The lowest BCUT2D eigenvalue weighted by molar-refractivity contribution is 0.285. The minimum atomic E-state index is 0.306. The Kier molecular flexibility index (Phi) is 17.1. The maximum Gasteiger partial charge on any atom is 0.0431 e. The van der Waals surface area contributed by atoms with E-state index in [1.807, 2.05) is 0 Å². The molecule has 19 heavy (non-hydrogen) atoms. The van der Waals surface area contributed by atoms with Crippen LogP contribution in [0.4, 0.5) is 0 Å². The van der Waals surface area contributed by atoms with Crippen molar-refractivity contribution in [1.82, 2.24) is 0 Å². The second-order valence-corrected chi connectivity index (χ2v) is 5.47. The van der Waals surface area contributed by atoms with Crippen LogP contribution in [0.2, 0.25) is 0 Å². The molecule has 0 saturated heterocycles. The van der Waals surface area contributed by atoms with Gasteiger partial charge in [-0.25, -0.2) is 0 Å². The van der Waals surface area contributed by atoms with Crippen molar-refractivity contribution < 1.29 is 5.11 Å². The zero-order valence-corrected chi connectivity index (χ0v) is 13.1. The number of unbranched alkanes of at least 4 members (excludes halogenated alkanes) is 12. The standard InChI is InChI=1S/C18H34O/c1-2-3-4-5-6-7-8-9-10-11-12-13-14-15-16-17-18-19/h19H,2-12,15-18H2,1H3. The van der Waals surface area contributed by atoms with Crippen molar-refractivity contribution in [2.24, 2.45) is 0 Å². The molecule has 0 unspecified atom stereocenters. The minimum absolute atomic E-state index is 0.306. The highest BCUT2D eigenvalue weighted by Crippen LogP contribution is 2.10. The SMILES string of the molecule is CCCCCCCCCCCCC#CCCCCO. The van der Waals surface area contributed by atoms with Crippen LogP contribution in [0.25, 0.3) is 0 Å². The van der Waals surface area contributed by atoms with E-state index in [1.54, 1.807) is 0 Å². The lowest BCUT2D eigenvalue weighted by Crippen LogP contribution is -1.82. The average molecular weight is 266 g/mol. The Morgan fingerprint density at radius 3 is 1.47 bits per heavy atom. The Morgan fingerprint density at radius 2 is 1.00 bits per heavy atom. The van der Waals surface area contributed by atoms with Crippen molar-refractivity contribution in [2.45, 2.75) is 96.8 Å². The first-order valence-electron chi connectivity index (χ1n) is 8.48. The number of hydrogen-bond acceptors (Lipinski definition) is 1. The Hall–Kier alpha value is -0.480. The van der Waals surface area contributed by atoms with Gasteiger partial charge in [-0.05, 0) is 19.3 Å². The Labute approximate surface area is 121 Å². The van der Waals surface area contributed by atoms with Gasteiger partial charge in [-0.15, -0.1) is 11.8 Å². The fourth-order valence-corrected chi connectivity index (χ4v) is 2.20. The summed E-state index contributed by atoms with van der Waals surface area (Å²) in [5.41, 5.74) is 0. The van der Waals surface area contributed by atoms with Crippen LogP contribution >= 0.6 is 0 Å². The quantitative estimate of drug-likeness (QED) is 0.346. The third kappa shape index (κ3) is 17.5. The third-order valence-electron chi connectivity index (χ3n) is 3.49. The number of aliphatic hydroxyl groups excluding tert-OH is 1. The molecule has 0 bridgehead atoms. The zero-order chi connectivity index (χ0) is 14.0. The summed E-state index contributed by atoms with van der Waals surface area (Å²) in [6.07, 6.45) is 17.9. The van der Waals surface area contributed by atoms with Gasteiger partial charge in [0.25, 0.3) is 0 Å². The summed E-state index contributed by atoms with van der Waals surface area (Å²) in [4.78, 5) is 0. The van der Waals surface area contributed by atoms with Gasteiger partial charge < -0.3 is 5.11 Å². The molecule has 0 atom stereocenters. The maximum atomic E-state index is 8.62. The summed E-state index contributed by atoms with van der Waals surface area (Å²) in [5.74, 6) is 6.43. The van der Waals surface area contributed by atoms with Crippen LogP contribution in [-0.2, 0) is 0 Å². The van der Waals surface area contributed by atoms with E-state index in [9.17, 15) is 0 Å². The van der Waals surface area contributed by atoms with Crippen LogP contribution in [0.15, 0.2) is 0 Å². The zero-order valence-electron chi connectivity index (χ0n) is 13.1. The van der Waals surface area contributed by atoms with Crippen LogP contribution in [0.1, 0.15) is 96.8 Å². The van der Waals surface area contributed by atoms with Gasteiger partial charge in [-0.3, -0.25) is 0 Å². The monoisotopic (exact) mass is 266 g/mol. The summed E-state index contributed by atoms with van der Waals surface area (Å²) < 4.78 is 0. The van der Waals surface area contributed by atoms with Crippen molar-refractivity contribution in [3.05, 3.63) is 0 Å². The second-order valence-electron chi connectivity index (χ2n) is 5.47. The molecule has 0 aromatic heterocycles. The number of rotatable bonds is 13. The van der Waals surface area contributed by atoms with Gasteiger partial charge in [0.2, 0.25) is 0 Å². The molecule has 0 rings (SSSR count). The van der Waals surface area contributed by atoms with E-state index in [2.05, 4.69) is 18.8 Å². The molecule has 1 heteroatoms. The van der Waals surface area contributed by atoms with Crippen molar-refractivity contribution in [3.63, 3.8) is 0 Å². The fourth-order valence-electron chi connectivity index (χ4n) is 2.20. The van der Waals surface area contributed by atoms with E-state index in [0.717, 1.165) is 25.7 Å². The molecule has 0 aliphatic rings. The highest BCUT2D eigenvalue weighted by molar-refractivity contribution is 4.98. The maximum absolute atomic E-state index is 8.62. The average Bonchev–Trinajstić information content (AvgIpc) is 2.43. The predicted octanol–water partition coefficient (Wildman–Crippen LogP) is 5.46. The van der Waals surface area contributed by atoms with E-state index in [0.29, 0.717) is 6.61 Å². The molecule has 1 N–H and O–H groups in total. The third-order valence-corrected chi connectivity index (χ3v) is 3.49. The molecule has 0 saturated carbocycles. The topological polar surface area (TPSA) is 20.2 Å². The van der Waals surface area contributed by atoms with Crippen molar-refractivity contribution >= 4 is 0 Å². The fraction of sp³-hybridized carbons (Fsp3) is 0.889. The predicted molar refractivity (Wildman–Crippen MR) is 85.2 cm³/mol. The van der Waals surface area contributed by atoms with Gasteiger partial charge in [0.05, 0.1) is 0 Å². The van der Waals surface area contributed by atoms with E-state index >= 15 is 0 Å². The lowest BCUT2D eigenvalue weighted by Gasteiger charge is -2.00. The van der Waals surface area contributed by atoms with E-state index in [-0.39, 0.29) is 0 Å². The molecule has 0 spiro atoms. The van der Waals surface area contributed by atoms with Crippen LogP contribution in [0, 0.1) is 11.8 Å². The van der Waals surface area contributed by atoms with Crippen LogP contribution < -0.4 is 0 Å². The van der Waals surface area contributed by atoms with Crippen LogP contribution in [-0.4, -0.2) is 11.7 Å². The number of aliphatic hydroxyl groups is 1. The van der Waals surface area contributed by atoms with E-state index < -0.39 is 0 Å². The summed E-state index contributed by atoms with van der Waals surface area (Å²) in [5, 5.41) is 8.62. The van der Waals surface area contributed by atoms with Crippen LogP contribution in [0.3, 0.4) is 0 Å². The van der Waals surface area contributed by atoms with Crippen molar-refractivity contribution in [1.29, 1.82) is 0 Å². The van der Waals surface area contributed by atoms with E-state index in [4.69, 9.17) is 5.11 Å². The molecular formula is C18H34O. The van der Waals surface area contributed by atoms with Crippen LogP contribution in [0.5, 0.6) is 0 Å². The Balaban J connectivity index is 3.02. The first kappa shape index (κ1) is 18.5.